The second-order valence-electron chi connectivity index (χ2n) is 7.67. The third-order valence-corrected chi connectivity index (χ3v) is 11.5. The van der Waals surface area contributed by atoms with Gasteiger partial charge < -0.3 is 0 Å². The van der Waals surface area contributed by atoms with Crippen LogP contribution >= 0.6 is 12.1 Å². The van der Waals surface area contributed by atoms with Gasteiger partial charge in [-0.1, -0.05) is 88.0 Å². The maximum atomic E-state index is 5.58. The first-order valence-electron chi connectivity index (χ1n) is 9.19. The van der Waals surface area contributed by atoms with Crippen LogP contribution in [0.2, 0.25) is 0 Å². The van der Waals surface area contributed by atoms with Crippen molar-refractivity contribution in [3.8, 4) is 0 Å². The molecule has 0 N–H and O–H groups in total. The number of hydrogen-bond donors (Lipinski definition) is 1. The molecule has 0 heterocycles. The van der Waals surface area contributed by atoms with E-state index in [1.54, 1.807) is 0 Å². The fourth-order valence-corrected chi connectivity index (χ4v) is 10.1. The quantitative estimate of drug-likeness (QED) is 0.390. The fourth-order valence-electron chi connectivity index (χ4n) is 3.81. The van der Waals surface area contributed by atoms with Gasteiger partial charge in [-0.2, -0.15) is 12.1 Å². The van der Waals surface area contributed by atoms with Gasteiger partial charge >= 0.3 is 0 Å². The Morgan fingerprint density at radius 1 is 0.500 bits per heavy atom. The predicted molar refractivity (Wildman–Crippen MR) is 121 cm³/mol. The van der Waals surface area contributed by atoms with Crippen LogP contribution in [0.4, 0.5) is 0 Å². The molecule has 26 heavy (non-hydrogen) atoms. The van der Waals surface area contributed by atoms with Crippen molar-refractivity contribution in [3.63, 3.8) is 0 Å². The molecule has 0 bridgehead atoms. The fraction of sp³-hybridized carbons (Fsp3) is 0.250. The van der Waals surface area contributed by atoms with E-state index in [1.165, 1.54) is 48.9 Å². The van der Waals surface area contributed by atoms with E-state index in [1.807, 2.05) is 0 Å². The Morgan fingerprint density at radius 3 is 1.04 bits per heavy atom. The highest BCUT2D eigenvalue weighted by atomic mass is 32.3. The van der Waals surface area contributed by atoms with E-state index >= 15 is 0 Å². The molecular weight excluding hydrogens is 348 g/mol. The summed E-state index contributed by atoms with van der Waals surface area (Å²) in [6, 6.07) is 20.4. The van der Waals surface area contributed by atoms with Crippen molar-refractivity contribution in [2.24, 2.45) is 0 Å². The van der Waals surface area contributed by atoms with E-state index in [-0.39, 0.29) is 0 Å². The summed E-state index contributed by atoms with van der Waals surface area (Å²) in [5.74, 6) is 0. The van der Waals surface area contributed by atoms with Crippen LogP contribution in [-0.4, -0.2) is 7.22 Å². The molecule has 0 spiro atoms. The van der Waals surface area contributed by atoms with E-state index in [9.17, 15) is 0 Å². The Bertz CT molecular complexity index is 847. The topological polar surface area (TPSA) is 0 Å². The van der Waals surface area contributed by atoms with Gasteiger partial charge in [-0.25, -0.2) is 0 Å². The van der Waals surface area contributed by atoms with Gasteiger partial charge in [-0.3, -0.25) is 0 Å². The Balaban J connectivity index is 2.45. The van der Waals surface area contributed by atoms with Crippen molar-refractivity contribution in [2.45, 2.75) is 41.5 Å². The minimum absolute atomic E-state index is 1.30. The molecule has 3 aromatic carbocycles. The summed E-state index contributed by atoms with van der Waals surface area (Å²) >= 11 is 5.58. The number of aryl methyl sites for hydroxylation is 6. The molecule has 0 aliphatic carbocycles. The van der Waals surface area contributed by atoms with E-state index in [0.717, 1.165) is 0 Å². The molecule has 3 rings (SSSR count). The van der Waals surface area contributed by atoms with Crippen molar-refractivity contribution >= 4 is 34.9 Å². The summed E-state index contributed by atoms with van der Waals surface area (Å²) in [5, 5.41) is 4.22. The molecule has 0 saturated carbocycles. The van der Waals surface area contributed by atoms with E-state index in [2.05, 4.69) is 96.1 Å². The minimum Gasteiger partial charge on any atom is -0.187 e. The average Bonchev–Trinajstić information content (AvgIpc) is 2.60. The zero-order chi connectivity index (χ0) is 19.1. The molecular formula is C24H28SSi. The standard InChI is InChI=1S/C24H28SSi/c1-16-7-10-19(4)22(13-16)26(25,23-14-17(2)8-11-20(23)5)24-15-18(3)9-12-21(24)6/h7-15,25H,1-6H3. The highest BCUT2D eigenvalue weighted by molar-refractivity contribution is 8.19. The molecule has 0 amide bonds. The van der Waals surface area contributed by atoms with Crippen LogP contribution < -0.4 is 15.6 Å². The van der Waals surface area contributed by atoms with Gasteiger partial charge in [-0.15, -0.1) is 0 Å². The van der Waals surface area contributed by atoms with Crippen molar-refractivity contribution in [1.29, 1.82) is 0 Å². The highest BCUT2D eigenvalue weighted by Gasteiger charge is 2.39. The minimum atomic E-state index is -2.41. The molecule has 0 nitrogen and oxygen atoms in total. The molecule has 0 atom stereocenters. The second-order valence-corrected chi connectivity index (χ2v) is 12.7. The smallest absolute Gasteiger partial charge is 0.187 e. The predicted octanol–water partition coefficient (Wildman–Crippen LogP) is 4.43. The van der Waals surface area contributed by atoms with Crippen molar-refractivity contribution in [1.82, 2.24) is 0 Å². The lowest BCUT2D eigenvalue weighted by Crippen LogP contribution is -2.65. The lowest BCUT2D eigenvalue weighted by molar-refractivity contribution is 1.40. The molecule has 0 fully saturated rings. The summed E-state index contributed by atoms with van der Waals surface area (Å²) in [6.07, 6.45) is 0. The van der Waals surface area contributed by atoms with Gasteiger partial charge in [0.2, 0.25) is 7.22 Å². The molecule has 0 unspecified atom stereocenters. The first kappa shape index (κ1) is 19.0. The van der Waals surface area contributed by atoms with Crippen molar-refractivity contribution < 1.29 is 0 Å². The molecule has 2 heteroatoms. The molecule has 0 aromatic heterocycles. The third-order valence-electron chi connectivity index (χ3n) is 5.35. The SMILES string of the molecule is Cc1ccc(C)c([Si](S)(c2cc(C)ccc2C)c2cc(C)ccc2C)c1. The van der Waals surface area contributed by atoms with Gasteiger partial charge in [0.1, 0.15) is 0 Å². The maximum absolute atomic E-state index is 5.58. The molecule has 3 aromatic rings. The first-order chi connectivity index (χ1) is 12.2. The molecule has 0 aliphatic heterocycles. The Morgan fingerprint density at radius 2 is 0.769 bits per heavy atom. The lowest BCUT2D eigenvalue weighted by Gasteiger charge is -2.33. The summed E-state index contributed by atoms with van der Waals surface area (Å²) in [6.45, 7) is 13.2. The zero-order valence-corrected chi connectivity index (χ0v) is 18.5. The van der Waals surface area contributed by atoms with Crippen molar-refractivity contribution in [2.75, 3.05) is 0 Å². The van der Waals surface area contributed by atoms with Gasteiger partial charge in [0, 0.05) is 0 Å². The van der Waals surface area contributed by atoms with Crippen LogP contribution in [0.25, 0.3) is 0 Å². The number of hydrogen-bond acceptors (Lipinski definition) is 1. The number of benzene rings is 3. The Hall–Kier alpha value is -1.77. The number of thiol groups is 1. The zero-order valence-electron chi connectivity index (χ0n) is 16.6. The van der Waals surface area contributed by atoms with Crippen LogP contribution in [0.5, 0.6) is 0 Å². The van der Waals surface area contributed by atoms with Crippen LogP contribution in [0.15, 0.2) is 54.6 Å². The molecule has 0 radical (unpaired) electrons. The Kier molecular flexibility index (Phi) is 5.18. The van der Waals surface area contributed by atoms with E-state index in [4.69, 9.17) is 12.1 Å². The van der Waals surface area contributed by atoms with E-state index < -0.39 is 7.22 Å². The van der Waals surface area contributed by atoms with Crippen LogP contribution in [0, 0.1) is 41.5 Å². The van der Waals surface area contributed by atoms with Gasteiger partial charge in [0.15, 0.2) is 0 Å². The first-order valence-corrected chi connectivity index (χ1v) is 12.5. The lowest BCUT2D eigenvalue weighted by atomic mass is 10.1. The summed E-state index contributed by atoms with van der Waals surface area (Å²) < 4.78 is 0. The normalized spacial score (nSPS) is 11.7. The summed E-state index contributed by atoms with van der Waals surface area (Å²) in [5.41, 5.74) is 7.89. The summed E-state index contributed by atoms with van der Waals surface area (Å²) in [4.78, 5) is 0. The molecule has 134 valence electrons. The molecule has 0 aliphatic rings. The van der Waals surface area contributed by atoms with Gasteiger partial charge in [0.05, 0.1) is 0 Å². The van der Waals surface area contributed by atoms with Crippen LogP contribution in [0.1, 0.15) is 33.4 Å². The van der Waals surface area contributed by atoms with E-state index in [0.29, 0.717) is 0 Å². The van der Waals surface area contributed by atoms with Gasteiger partial charge in [0.25, 0.3) is 0 Å². The third kappa shape index (κ3) is 3.28. The summed E-state index contributed by atoms with van der Waals surface area (Å²) in [7, 11) is -2.41. The number of rotatable bonds is 3. The van der Waals surface area contributed by atoms with Crippen molar-refractivity contribution in [3.05, 3.63) is 88.0 Å². The monoisotopic (exact) mass is 376 g/mol. The molecule has 0 saturated heterocycles. The van der Waals surface area contributed by atoms with Crippen LogP contribution in [0.3, 0.4) is 0 Å². The highest BCUT2D eigenvalue weighted by Crippen LogP contribution is 2.19. The van der Waals surface area contributed by atoms with Crippen LogP contribution in [-0.2, 0) is 0 Å². The second kappa shape index (κ2) is 7.09. The Labute approximate surface area is 164 Å². The maximum Gasteiger partial charge on any atom is 0.207 e. The average molecular weight is 377 g/mol. The van der Waals surface area contributed by atoms with Gasteiger partial charge in [-0.05, 0) is 57.1 Å². The largest absolute Gasteiger partial charge is 0.207 e.